The lowest BCUT2D eigenvalue weighted by Crippen LogP contribution is -2.64. The molecule has 2 aliphatic rings. The van der Waals surface area contributed by atoms with Gasteiger partial charge in [0.15, 0.2) is 0 Å². The number of hydrogen-bond acceptors (Lipinski definition) is 7. The molecule has 2 saturated heterocycles. The second-order valence-electron chi connectivity index (χ2n) is 7.09. The molecule has 2 fully saturated rings. The molecule has 0 bridgehead atoms. The summed E-state index contributed by atoms with van der Waals surface area (Å²) in [5, 5.41) is 3.16. The number of nitrogens with zero attached hydrogens (tertiary/aromatic N) is 3. The summed E-state index contributed by atoms with van der Waals surface area (Å²) >= 11 is 1.67. The smallest absolute Gasteiger partial charge is 0.217 e. The van der Waals surface area contributed by atoms with Crippen molar-refractivity contribution in [1.29, 1.82) is 0 Å². The van der Waals surface area contributed by atoms with Crippen LogP contribution in [0.15, 0.2) is 23.7 Å². The summed E-state index contributed by atoms with van der Waals surface area (Å²) in [6.45, 7) is 6.90. The van der Waals surface area contributed by atoms with E-state index in [-0.39, 0.29) is 5.60 Å². The quantitative estimate of drug-likeness (QED) is 0.742. The zero-order chi connectivity index (χ0) is 18.0. The third-order valence-corrected chi connectivity index (χ3v) is 6.08. The first-order valence-electron chi connectivity index (χ1n) is 9.01. The number of aryl methyl sites for hydroxylation is 1. The molecule has 0 amide bonds. The predicted octanol–water partition coefficient (Wildman–Crippen LogP) is 2.66. The van der Waals surface area contributed by atoms with E-state index in [0.717, 1.165) is 55.5 Å². The van der Waals surface area contributed by atoms with Gasteiger partial charge in [0.1, 0.15) is 0 Å². The number of likely N-dealkylation sites (tertiary alicyclic amines) is 1. The van der Waals surface area contributed by atoms with Gasteiger partial charge >= 0.3 is 0 Å². The molecule has 0 N–H and O–H groups in total. The number of ether oxygens (including phenoxy) is 3. The van der Waals surface area contributed by atoms with E-state index in [2.05, 4.69) is 26.3 Å². The highest BCUT2D eigenvalue weighted by molar-refractivity contribution is 7.09. The molecule has 4 rings (SSSR count). The SMILES string of the molecule is COc1ncccc1CN1CC2(C1)OCC[C@H]2COCc1csc(C)n1. The normalized spacial score (nSPS) is 21.8. The molecule has 7 heteroatoms. The molecule has 1 spiro atoms. The van der Waals surface area contributed by atoms with Crippen molar-refractivity contribution in [3.8, 4) is 5.88 Å². The summed E-state index contributed by atoms with van der Waals surface area (Å²) in [5.41, 5.74) is 2.10. The van der Waals surface area contributed by atoms with Crippen LogP contribution in [-0.2, 0) is 22.6 Å². The number of pyridine rings is 1. The topological polar surface area (TPSA) is 56.7 Å². The minimum atomic E-state index is -0.0482. The van der Waals surface area contributed by atoms with Crippen LogP contribution < -0.4 is 4.74 Å². The Morgan fingerprint density at radius 2 is 2.31 bits per heavy atom. The molecule has 2 aromatic heterocycles. The minimum Gasteiger partial charge on any atom is -0.481 e. The summed E-state index contributed by atoms with van der Waals surface area (Å²) in [4.78, 5) is 11.1. The Hall–Kier alpha value is -1.54. The van der Waals surface area contributed by atoms with Crippen molar-refractivity contribution in [2.24, 2.45) is 5.92 Å². The van der Waals surface area contributed by atoms with Gasteiger partial charge in [-0.15, -0.1) is 11.3 Å². The van der Waals surface area contributed by atoms with E-state index in [0.29, 0.717) is 18.4 Å². The highest BCUT2D eigenvalue weighted by Crippen LogP contribution is 2.41. The fraction of sp³-hybridized carbons (Fsp3) is 0.579. The molecular weight excluding hydrogens is 350 g/mol. The van der Waals surface area contributed by atoms with Gasteiger partial charge in [0, 0.05) is 49.3 Å². The average molecular weight is 375 g/mol. The molecule has 1 atom stereocenters. The lowest BCUT2D eigenvalue weighted by atomic mass is 9.81. The highest BCUT2D eigenvalue weighted by Gasteiger charge is 2.52. The third-order valence-electron chi connectivity index (χ3n) is 5.26. The largest absolute Gasteiger partial charge is 0.481 e. The lowest BCUT2D eigenvalue weighted by Gasteiger charge is -2.50. The van der Waals surface area contributed by atoms with E-state index in [1.54, 1.807) is 24.6 Å². The van der Waals surface area contributed by atoms with Crippen LogP contribution in [0.5, 0.6) is 5.88 Å². The standard InChI is InChI=1S/C19H25N3O3S/c1-14-21-17(11-26-14)10-24-9-16-5-7-25-19(16)12-22(13-19)8-15-4-3-6-20-18(15)23-2/h3-4,6,11,16H,5,7-10,12-13H2,1-2H3/t16-/m0/s1. The Balaban J connectivity index is 1.29. The van der Waals surface area contributed by atoms with Gasteiger partial charge < -0.3 is 14.2 Å². The second-order valence-corrected chi connectivity index (χ2v) is 8.15. The van der Waals surface area contributed by atoms with Crippen LogP contribution in [0.2, 0.25) is 0 Å². The summed E-state index contributed by atoms with van der Waals surface area (Å²) < 4.78 is 17.4. The molecule has 0 saturated carbocycles. The summed E-state index contributed by atoms with van der Waals surface area (Å²) in [6, 6.07) is 4.03. The van der Waals surface area contributed by atoms with E-state index >= 15 is 0 Å². The van der Waals surface area contributed by atoms with Crippen LogP contribution in [0, 0.1) is 12.8 Å². The lowest BCUT2D eigenvalue weighted by molar-refractivity contribution is -0.146. The molecule has 0 radical (unpaired) electrons. The maximum Gasteiger partial charge on any atom is 0.217 e. The zero-order valence-electron chi connectivity index (χ0n) is 15.3. The molecule has 2 aliphatic heterocycles. The van der Waals surface area contributed by atoms with Gasteiger partial charge in [-0.1, -0.05) is 6.07 Å². The van der Waals surface area contributed by atoms with Crippen LogP contribution in [0.25, 0.3) is 0 Å². The van der Waals surface area contributed by atoms with E-state index in [1.807, 2.05) is 13.0 Å². The van der Waals surface area contributed by atoms with Crippen LogP contribution in [0.4, 0.5) is 0 Å². The average Bonchev–Trinajstić information content (AvgIpc) is 3.22. The number of rotatable bonds is 7. The van der Waals surface area contributed by atoms with Crippen LogP contribution in [-0.4, -0.2) is 53.9 Å². The molecule has 4 heterocycles. The van der Waals surface area contributed by atoms with Crippen molar-refractivity contribution >= 4 is 11.3 Å². The molecule has 26 heavy (non-hydrogen) atoms. The van der Waals surface area contributed by atoms with Gasteiger partial charge in [0.05, 0.1) is 36.6 Å². The first kappa shape index (κ1) is 17.9. The number of thiazole rings is 1. The van der Waals surface area contributed by atoms with Crippen molar-refractivity contribution in [3.63, 3.8) is 0 Å². The first-order chi connectivity index (χ1) is 12.7. The molecule has 0 aromatic carbocycles. The van der Waals surface area contributed by atoms with Gasteiger partial charge in [-0.3, -0.25) is 4.90 Å². The van der Waals surface area contributed by atoms with Crippen LogP contribution in [0.3, 0.4) is 0 Å². The minimum absolute atomic E-state index is 0.0482. The fourth-order valence-corrected chi connectivity index (χ4v) is 4.54. The summed E-state index contributed by atoms with van der Waals surface area (Å²) in [5.74, 6) is 1.16. The van der Waals surface area contributed by atoms with Crippen LogP contribution in [0.1, 0.15) is 22.7 Å². The van der Waals surface area contributed by atoms with E-state index in [9.17, 15) is 0 Å². The Kier molecular flexibility index (Phi) is 5.22. The second kappa shape index (κ2) is 7.60. The molecule has 6 nitrogen and oxygen atoms in total. The zero-order valence-corrected chi connectivity index (χ0v) is 16.1. The van der Waals surface area contributed by atoms with E-state index in [1.165, 1.54) is 0 Å². The van der Waals surface area contributed by atoms with E-state index in [4.69, 9.17) is 14.2 Å². The van der Waals surface area contributed by atoms with Crippen LogP contribution >= 0.6 is 11.3 Å². The first-order valence-corrected chi connectivity index (χ1v) is 9.89. The number of hydrogen-bond donors (Lipinski definition) is 0. The monoisotopic (exact) mass is 375 g/mol. The van der Waals surface area contributed by atoms with Crippen molar-refractivity contribution in [1.82, 2.24) is 14.9 Å². The maximum atomic E-state index is 6.14. The fourth-order valence-electron chi connectivity index (χ4n) is 3.94. The van der Waals surface area contributed by atoms with E-state index < -0.39 is 0 Å². The van der Waals surface area contributed by atoms with Crippen molar-refractivity contribution < 1.29 is 14.2 Å². The Morgan fingerprint density at radius 1 is 1.42 bits per heavy atom. The maximum absolute atomic E-state index is 6.14. The molecule has 0 aliphatic carbocycles. The molecule has 140 valence electrons. The summed E-state index contributed by atoms with van der Waals surface area (Å²) in [7, 11) is 1.67. The molecular formula is C19H25N3O3S. The number of aromatic nitrogens is 2. The molecule has 2 aromatic rings. The van der Waals surface area contributed by atoms with Gasteiger partial charge in [-0.2, -0.15) is 0 Å². The van der Waals surface area contributed by atoms with Crippen molar-refractivity contribution in [2.75, 3.05) is 33.4 Å². The highest BCUT2D eigenvalue weighted by atomic mass is 32.1. The van der Waals surface area contributed by atoms with Gasteiger partial charge in [-0.25, -0.2) is 9.97 Å². The number of methoxy groups -OCH3 is 1. The third kappa shape index (κ3) is 3.62. The van der Waals surface area contributed by atoms with Crippen molar-refractivity contribution in [2.45, 2.75) is 32.1 Å². The Morgan fingerprint density at radius 3 is 3.08 bits per heavy atom. The van der Waals surface area contributed by atoms with Gasteiger partial charge in [0.25, 0.3) is 0 Å². The van der Waals surface area contributed by atoms with Crippen molar-refractivity contribution in [3.05, 3.63) is 40.0 Å². The Bertz CT molecular complexity index is 745. The summed E-state index contributed by atoms with van der Waals surface area (Å²) in [6.07, 6.45) is 2.83. The van der Waals surface area contributed by atoms with Gasteiger partial charge in [0.2, 0.25) is 5.88 Å². The molecule has 0 unspecified atom stereocenters. The van der Waals surface area contributed by atoms with Gasteiger partial charge in [-0.05, 0) is 19.4 Å². The predicted molar refractivity (Wildman–Crippen MR) is 99.4 cm³/mol. The Labute approximate surface area is 158 Å².